The second-order valence-corrected chi connectivity index (χ2v) is 11.9. The van der Waals surface area contributed by atoms with Crippen LogP contribution in [-0.2, 0) is 32.8 Å². The third kappa shape index (κ3) is 9.01. The number of hydrogen-bond acceptors (Lipinski definition) is 5. The number of amides is 2. The van der Waals surface area contributed by atoms with Crippen LogP contribution in [0.3, 0.4) is 0 Å². The average Bonchev–Trinajstić information content (AvgIpc) is 2.89. The number of nitrogens with zero attached hydrogens (tertiary/aromatic N) is 2. The van der Waals surface area contributed by atoms with E-state index in [-0.39, 0.29) is 18.5 Å². The Balaban J connectivity index is 1.81. The smallest absolute Gasteiger partial charge is 0.244 e. The van der Waals surface area contributed by atoms with Gasteiger partial charge in [0, 0.05) is 17.6 Å². The molecule has 0 heterocycles. The van der Waals surface area contributed by atoms with Gasteiger partial charge in [-0.1, -0.05) is 54.1 Å². The molecule has 1 N–H and O–H groups in total. The number of nitrogens with one attached hydrogen (secondary N) is 1. The molecular weight excluding hydrogens is 538 g/mol. The van der Waals surface area contributed by atoms with Crippen LogP contribution < -0.4 is 14.4 Å². The number of ether oxygens (including phenoxy) is 1. The second kappa shape index (κ2) is 13.5. The molecule has 0 radical (unpaired) electrons. The molecule has 0 aliphatic heterocycles. The van der Waals surface area contributed by atoms with Gasteiger partial charge in [0.1, 0.15) is 24.9 Å². The maximum atomic E-state index is 13.6. The molecule has 3 aromatic carbocycles. The number of halogens is 1. The lowest BCUT2D eigenvalue weighted by Crippen LogP contribution is -2.52. The summed E-state index contributed by atoms with van der Waals surface area (Å²) in [5.74, 6) is -0.296. The molecule has 2 amide bonds. The largest absolute Gasteiger partial charge is 0.489 e. The van der Waals surface area contributed by atoms with Crippen molar-refractivity contribution in [1.29, 1.82) is 0 Å². The molecule has 39 heavy (non-hydrogen) atoms. The van der Waals surface area contributed by atoms with Gasteiger partial charge in [-0.05, 0) is 68.3 Å². The topological polar surface area (TPSA) is 96.0 Å². The van der Waals surface area contributed by atoms with Crippen molar-refractivity contribution in [2.45, 2.75) is 46.0 Å². The molecule has 0 aliphatic carbocycles. The van der Waals surface area contributed by atoms with Crippen LogP contribution in [0.15, 0.2) is 78.9 Å². The number of carbonyl (C=O) groups excluding carboxylic acids is 2. The number of rotatable bonds is 12. The van der Waals surface area contributed by atoms with Crippen molar-refractivity contribution in [2.24, 2.45) is 0 Å². The van der Waals surface area contributed by atoms with Gasteiger partial charge in [0.15, 0.2) is 0 Å². The Bertz CT molecular complexity index is 1350. The molecule has 0 bridgehead atoms. The molecule has 3 aromatic rings. The molecule has 0 unspecified atom stereocenters. The third-order valence-electron chi connectivity index (χ3n) is 5.92. The Morgan fingerprint density at radius 3 is 2.08 bits per heavy atom. The van der Waals surface area contributed by atoms with Crippen LogP contribution in [0.5, 0.6) is 5.75 Å². The summed E-state index contributed by atoms with van der Waals surface area (Å²) >= 11 is 6.00. The summed E-state index contributed by atoms with van der Waals surface area (Å²) in [5, 5.41) is 3.36. The highest BCUT2D eigenvalue weighted by molar-refractivity contribution is 7.92. The van der Waals surface area contributed by atoms with Crippen LogP contribution in [0.1, 0.15) is 31.9 Å². The summed E-state index contributed by atoms with van der Waals surface area (Å²) in [6.45, 7) is 5.27. The first-order valence-electron chi connectivity index (χ1n) is 12.5. The lowest BCUT2D eigenvalue weighted by atomic mass is 10.1. The van der Waals surface area contributed by atoms with Gasteiger partial charge in [-0.25, -0.2) is 8.42 Å². The highest BCUT2D eigenvalue weighted by atomic mass is 35.5. The van der Waals surface area contributed by atoms with Crippen molar-refractivity contribution in [1.82, 2.24) is 10.2 Å². The molecule has 8 nitrogen and oxygen atoms in total. The van der Waals surface area contributed by atoms with Gasteiger partial charge in [0.05, 0.1) is 11.9 Å². The van der Waals surface area contributed by atoms with Crippen molar-refractivity contribution in [3.05, 3.63) is 95.0 Å². The zero-order valence-electron chi connectivity index (χ0n) is 22.5. The lowest BCUT2D eigenvalue weighted by molar-refractivity contribution is -0.139. The first-order chi connectivity index (χ1) is 18.4. The standard InChI is InChI=1S/C29H34ClN3O5S/c1-21(2)31-29(35)22(3)32(18-23-10-12-25(30)13-11-23)28(34)19-33(39(4,36)37)26-14-16-27(17-15-26)38-20-24-8-6-5-7-9-24/h5-17,21-22H,18-20H2,1-4H3,(H,31,35)/t22-/m1/s1. The molecule has 0 saturated carbocycles. The lowest BCUT2D eigenvalue weighted by Gasteiger charge is -2.32. The monoisotopic (exact) mass is 571 g/mol. The van der Waals surface area contributed by atoms with Gasteiger partial charge in [0.2, 0.25) is 21.8 Å². The summed E-state index contributed by atoms with van der Waals surface area (Å²) in [6.07, 6.45) is 1.04. The van der Waals surface area contributed by atoms with E-state index in [1.807, 2.05) is 44.2 Å². The summed E-state index contributed by atoms with van der Waals surface area (Å²) in [6, 6.07) is 22.1. The Morgan fingerprint density at radius 1 is 0.897 bits per heavy atom. The van der Waals surface area contributed by atoms with Crippen molar-refractivity contribution in [3.63, 3.8) is 0 Å². The van der Waals surface area contributed by atoms with Crippen LogP contribution in [0.2, 0.25) is 5.02 Å². The SMILES string of the molecule is CC(C)NC(=O)[C@@H](C)N(Cc1ccc(Cl)cc1)C(=O)CN(c1ccc(OCc2ccccc2)cc1)S(C)(=O)=O. The Labute approximate surface area is 235 Å². The summed E-state index contributed by atoms with van der Waals surface area (Å²) in [4.78, 5) is 27.8. The molecule has 0 aliphatic rings. The van der Waals surface area contributed by atoms with Crippen LogP contribution in [0.25, 0.3) is 0 Å². The van der Waals surface area contributed by atoms with E-state index < -0.39 is 28.5 Å². The first kappa shape index (κ1) is 30.0. The van der Waals surface area contributed by atoms with Gasteiger partial charge in [-0.3, -0.25) is 13.9 Å². The van der Waals surface area contributed by atoms with Gasteiger partial charge >= 0.3 is 0 Å². The zero-order chi connectivity index (χ0) is 28.6. The summed E-state index contributed by atoms with van der Waals surface area (Å²) in [7, 11) is -3.83. The van der Waals surface area contributed by atoms with Crippen LogP contribution in [-0.4, -0.2) is 50.0 Å². The zero-order valence-corrected chi connectivity index (χ0v) is 24.1. The van der Waals surface area contributed by atoms with Gasteiger partial charge < -0.3 is 15.0 Å². The summed E-state index contributed by atoms with van der Waals surface area (Å²) in [5.41, 5.74) is 2.06. The van der Waals surface area contributed by atoms with E-state index >= 15 is 0 Å². The molecule has 1 atom stereocenters. The maximum absolute atomic E-state index is 13.6. The van der Waals surface area contributed by atoms with Crippen molar-refractivity contribution < 1.29 is 22.7 Å². The van der Waals surface area contributed by atoms with E-state index in [9.17, 15) is 18.0 Å². The molecule has 0 saturated heterocycles. The van der Waals surface area contributed by atoms with Gasteiger partial charge in [-0.15, -0.1) is 0 Å². The molecule has 208 valence electrons. The second-order valence-electron chi connectivity index (χ2n) is 9.53. The molecule has 0 fully saturated rings. The highest BCUT2D eigenvalue weighted by Crippen LogP contribution is 2.23. The van der Waals surface area contributed by atoms with E-state index in [0.29, 0.717) is 23.1 Å². The molecule has 0 aromatic heterocycles. The number of carbonyl (C=O) groups is 2. The van der Waals surface area contributed by atoms with Gasteiger partial charge in [0.25, 0.3) is 0 Å². The molecular formula is C29H34ClN3O5S. The fraction of sp³-hybridized carbons (Fsp3) is 0.310. The van der Waals surface area contributed by atoms with Crippen molar-refractivity contribution in [3.8, 4) is 5.75 Å². The van der Waals surface area contributed by atoms with E-state index in [4.69, 9.17) is 16.3 Å². The minimum absolute atomic E-state index is 0.104. The van der Waals surface area contributed by atoms with Crippen molar-refractivity contribution >= 4 is 39.1 Å². The average molecular weight is 572 g/mol. The fourth-order valence-corrected chi connectivity index (χ4v) is 4.81. The number of benzene rings is 3. The van der Waals surface area contributed by atoms with Crippen molar-refractivity contribution in [2.75, 3.05) is 17.1 Å². The Hall–Kier alpha value is -3.56. The molecule has 0 spiro atoms. The summed E-state index contributed by atoms with van der Waals surface area (Å²) < 4.78 is 32.3. The Morgan fingerprint density at radius 2 is 1.51 bits per heavy atom. The quantitative estimate of drug-likeness (QED) is 0.342. The number of sulfonamides is 1. The maximum Gasteiger partial charge on any atom is 0.244 e. The van der Waals surface area contributed by atoms with E-state index in [2.05, 4.69) is 5.32 Å². The molecule has 3 rings (SSSR count). The van der Waals surface area contributed by atoms with Crippen LogP contribution in [0.4, 0.5) is 5.69 Å². The minimum atomic E-state index is -3.83. The number of anilines is 1. The van der Waals surface area contributed by atoms with Gasteiger partial charge in [-0.2, -0.15) is 0 Å². The minimum Gasteiger partial charge on any atom is -0.489 e. The molecule has 10 heteroatoms. The predicted molar refractivity (Wildman–Crippen MR) is 154 cm³/mol. The van der Waals surface area contributed by atoms with E-state index in [0.717, 1.165) is 21.7 Å². The Kier molecular flexibility index (Phi) is 10.4. The third-order valence-corrected chi connectivity index (χ3v) is 7.31. The van der Waals surface area contributed by atoms with Crippen LogP contribution >= 0.6 is 11.6 Å². The number of hydrogen-bond donors (Lipinski definition) is 1. The fourth-order valence-electron chi connectivity index (χ4n) is 3.84. The van der Waals surface area contributed by atoms with E-state index in [1.54, 1.807) is 55.5 Å². The predicted octanol–water partition coefficient (Wildman–Crippen LogP) is 4.63. The first-order valence-corrected chi connectivity index (χ1v) is 14.8. The van der Waals surface area contributed by atoms with Crippen LogP contribution in [0, 0.1) is 0 Å². The highest BCUT2D eigenvalue weighted by Gasteiger charge is 2.30. The normalized spacial score (nSPS) is 12.1. The van der Waals surface area contributed by atoms with E-state index in [1.165, 1.54) is 4.90 Å².